The second-order valence-electron chi connectivity index (χ2n) is 6.65. The van der Waals surface area contributed by atoms with Crippen molar-refractivity contribution in [3.8, 4) is 0 Å². The van der Waals surface area contributed by atoms with Crippen LogP contribution in [0.2, 0.25) is 0 Å². The highest BCUT2D eigenvalue weighted by molar-refractivity contribution is 9.10. The minimum Gasteiger partial charge on any atom is -0.387 e. The molecule has 0 saturated heterocycles. The number of carbonyl (C=O) groups is 1. The Hall–Kier alpha value is -2.36. The monoisotopic (exact) mass is 475 g/mol. The van der Waals surface area contributed by atoms with Crippen LogP contribution in [0.5, 0.6) is 0 Å². The predicted molar refractivity (Wildman–Crippen MR) is 99.9 cm³/mol. The number of Topliss-reactive ketones (excluding diaryl/α,β-unsaturated/α-hetero) is 1. The molecule has 0 radical (unpaired) electrons. The van der Waals surface area contributed by atoms with E-state index < -0.39 is 47.3 Å². The number of halogens is 6. The zero-order chi connectivity index (χ0) is 21.4. The number of nitrogens with zero attached hydrogens (tertiary/aromatic N) is 2. The van der Waals surface area contributed by atoms with Gasteiger partial charge < -0.3 is 5.73 Å². The number of alkyl halides is 4. The van der Waals surface area contributed by atoms with Crippen LogP contribution in [-0.2, 0) is 12.0 Å². The van der Waals surface area contributed by atoms with Crippen molar-refractivity contribution in [2.75, 3.05) is 0 Å². The van der Waals surface area contributed by atoms with Gasteiger partial charge in [0.15, 0.2) is 5.78 Å². The molecule has 2 aromatic rings. The number of benzene rings is 1. The average molecular weight is 476 g/mol. The first-order valence-electron chi connectivity index (χ1n) is 8.50. The molecule has 1 aromatic heterocycles. The van der Waals surface area contributed by atoms with E-state index in [9.17, 15) is 26.7 Å². The Balaban J connectivity index is 2.05. The molecular formula is C19H15BrF5N3O. The number of aromatic nitrogens is 1. The molecule has 0 saturated carbocycles. The van der Waals surface area contributed by atoms with Crippen LogP contribution in [0.1, 0.15) is 34.5 Å². The van der Waals surface area contributed by atoms with Crippen molar-refractivity contribution >= 4 is 27.5 Å². The Morgan fingerprint density at radius 2 is 1.97 bits per heavy atom. The summed E-state index contributed by atoms with van der Waals surface area (Å²) in [5.74, 6) is -6.20. The van der Waals surface area contributed by atoms with Crippen LogP contribution in [0, 0.1) is 5.82 Å². The molecule has 0 amide bonds. The number of pyridine rings is 1. The van der Waals surface area contributed by atoms with E-state index in [1.807, 2.05) is 0 Å². The van der Waals surface area contributed by atoms with Crippen molar-refractivity contribution in [1.82, 2.24) is 4.98 Å². The Bertz CT molecular complexity index is 965. The third-order valence-corrected chi connectivity index (χ3v) is 5.18. The number of aliphatic imine (C=N–C) groups is 1. The van der Waals surface area contributed by atoms with Crippen molar-refractivity contribution < 1.29 is 26.7 Å². The number of ketones is 1. The first-order valence-corrected chi connectivity index (χ1v) is 9.30. The molecular weight excluding hydrogens is 461 g/mol. The lowest BCUT2D eigenvalue weighted by Crippen LogP contribution is -2.54. The van der Waals surface area contributed by atoms with Crippen LogP contribution in [0.4, 0.5) is 22.0 Å². The Morgan fingerprint density at radius 1 is 1.24 bits per heavy atom. The summed E-state index contributed by atoms with van der Waals surface area (Å²) < 4.78 is 72.2. The maximum atomic E-state index is 14.6. The van der Waals surface area contributed by atoms with E-state index in [0.29, 0.717) is 4.47 Å². The molecule has 3 rings (SSSR count). The van der Waals surface area contributed by atoms with E-state index in [4.69, 9.17) is 5.73 Å². The molecule has 1 aliphatic rings. The second kappa shape index (κ2) is 7.81. The summed E-state index contributed by atoms with van der Waals surface area (Å²) in [5.41, 5.74) is 1.18. The number of rotatable bonds is 5. The first-order chi connectivity index (χ1) is 13.6. The molecule has 0 aliphatic carbocycles. The molecule has 0 unspecified atom stereocenters. The number of amidine groups is 1. The topological polar surface area (TPSA) is 68.3 Å². The van der Waals surface area contributed by atoms with Gasteiger partial charge in [0.05, 0.1) is 5.84 Å². The van der Waals surface area contributed by atoms with Gasteiger partial charge in [0.1, 0.15) is 11.5 Å². The minimum atomic E-state index is -4.03. The average Bonchev–Trinajstić information content (AvgIpc) is 2.65. The molecule has 2 heterocycles. The van der Waals surface area contributed by atoms with Crippen molar-refractivity contribution in [2.45, 2.75) is 37.1 Å². The molecule has 29 heavy (non-hydrogen) atoms. The van der Waals surface area contributed by atoms with Gasteiger partial charge in [-0.2, -0.15) is 0 Å². The van der Waals surface area contributed by atoms with Crippen molar-refractivity contribution in [3.63, 3.8) is 0 Å². The van der Waals surface area contributed by atoms with Gasteiger partial charge in [-0.15, -0.1) is 0 Å². The zero-order valence-corrected chi connectivity index (χ0v) is 16.4. The maximum absolute atomic E-state index is 14.6. The molecule has 1 aromatic carbocycles. The van der Waals surface area contributed by atoms with Gasteiger partial charge in [0, 0.05) is 35.5 Å². The summed E-state index contributed by atoms with van der Waals surface area (Å²) in [6.45, 7) is 0. The highest BCUT2D eigenvalue weighted by Gasteiger charge is 2.63. The van der Waals surface area contributed by atoms with Crippen LogP contribution in [0.3, 0.4) is 0 Å². The lowest BCUT2D eigenvalue weighted by atomic mass is 9.79. The standard InChI is InChI=1S/C19H15BrF5N3O/c20-11-2-4-14(27-9-11)15(29)8-10-1-3-13(21)12(7-10)19(17(22)23)18(24,25)6-5-16(26)28-19/h1-4,7,9,17H,5-6,8H2,(H2,26,28)/t19-/m0/s1. The van der Waals surface area contributed by atoms with Crippen LogP contribution < -0.4 is 5.73 Å². The Kier molecular flexibility index (Phi) is 5.75. The maximum Gasteiger partial charge on any atom is 0.283 e. The van der Waals surface area contributed by atoms with Gasteiger partial charge in [-0.25, -0.2) is 26.9 Å². The Labute approximate surface area is 171 Å². The van der Waals surface area contributed by atoms with Crippen LogP contribution in [-0.4, -0.2) is 29.0 Å². The normalized spacial score (nSPS) is 21.1. The quantitative estimate of drug-likeness (QED) is 0.505. The number of hydrogen-bond donors (Lipinski definition) is 1. The Morgan fingerprint density at radius 3 is 2.59 bits per heavy atom. The van der Waals surface area contributed by atoms with Gasteiger partial charge in [0.2, 0.25) is 5.54 Å². The van der Waals surface area contributed by atoms with Gasteiger partial charge in [-0.3, -0.25) is 9.78 Å². The van der Waals surface area contributed by atoms with Crippen LogP contribution in [0.15, 0.2) is 46.0 Å². The van der Waals surface area contributed by atoms with Gasteiger partial charge in [-0.05, 0) is 45.8 Å². The summed E-state index contributed by atoms with van der Waals surface area (Å²) in [7, 11) is 0. The highest BCUT2D eigenvalue weighted by Crippen LogP contribution is 2.51. The summed E-state index contributed by atoms with van der Waals surface area (Å²) in [6, 6.07) is 5.80. The molecule has 0 bridgehead atoms. The van der Waals surface area contributed by atoms with Crippen molar-refractivity contribution in [3.05, 3.63) is 63.6 Å². The van der Waals surface area contributed by atoms with Crippen LogP contribution >= 0.6 is 15.9 Å². The third kappa shape index (κ3) is 3.90. The minimum absolute atomic E-state index is 0.0753. The van der Waals surface area contributed by atoms with Gasteiger partial charge >= 0.3 is 0 Å². The van der Waals surface area contributed by atoms with Crippen molar-refractivity contribution in [2.24, 2.45) is 10.7 Å². The number of hydrogen-bond acceptors (Lipinski definition) is 4. The fraction of sp³-hybridized carbons (Fsp3) is 0.316. The molecule has 10 heteroatoms. The van der Waals surface area contributed by atoms with E-state index in [0.717, 1.165) is 12.1 Å². The predicted octanol–water partition coefficient (Wildman–Crippen LogP) is 4.66. The van der Waals surface area contributed by atoms with Crippen molar-refractivity contribution in [1.29, 1.82) is 0 Å². The molecule has 4 nitrogen and oxygen atoms in total. The molecule has 1 atom stereocenters. The van der Waals surface area contributed by atoms with Gasteiger partial charge in [0.25, 0.3) is 12.3 Å². The fourth-order valence-electron chi connectivity index (χ4n) is 3.21. The van der Waals surface area contributed by atoms with E-state index in [1.165, 1.54) is 18.3 Å². The molecule has 154 valence electrons. The summed E-state index contributed by atoms with van der Waals surface area (Å²) in [6.07, 6.45) is -4.03. The van der Waals surface area contributed by atoms with E-state index in [1.54, 1.807) is 6.07 Å². The summed E-state index contributed by atoms with van der Waals surface area (Å²) >= 11 is 3.18. The fourth-order valence-corrected chi connectivity index (χ4v) is 3.45. The second-order valence-corrected chi connectivity index (χ2v) is 7.57. The molecule has 0 spiro atoms. The molecule has 0 fully saturated rings. The highest BCUT2D eigenvalue weighted by atomic mass is 79.9. The number of carbonyl (C=O) groups excluding carboxylic acids is 1. The largest absolute Gasteiger partial charge is 0.387 e. The summed E-state index contributed by atoms with van der Waals surface area (Å²) in [4.78, 5) is 19.6. The number of nitrogens with two attached hydrogens (primary N) is 1. The van der Waals surface area contributed by atoms with Gasteiger partial charge in [-0.1, -0.05) is 6.07 Å². The van der Waals surface area contributed by atoms with E-state index in [-0.39, 0.29) is 24.1 Å². The first kappa shape index (κ1) is 21.4. The lowest BCUT2D eigenvalue weighted by molar-refractivity contribution is -0.145. The SMILES string of the molecule is NC1=N[C@@](c2cc(CC(=O)c3ccc(Br)cn3)ccc2F)(C(F)F)C(F)(F)CC1. The third-order valence-electron chi connectivity index (χ3n) is 4.71. The zero-order valence-electron chi connectivity index (χ0n) is 14.8. The lowest BCUT2D eigenvalue weighted by Gasteiger charge is -2.40. The smallest absolute Gasteiger partial charge is 0.283 e. The van der Waals surface area contributed by atoms with E-state index >= 15 is 0 Å². The summed E-state index contributed by atoms with van der Waals surface area (Å²) in [5, 5.41) is 0. The van der Waals surface area contributed by atoms with Crippen LogP contribution in [0.25, 0.3) is 0 Å². The molecule has 2 N–H and O–H groups in total. The van der Waals surface area contributed by atoms with E-state index in [2.05, 4.69) is 25.9 Å². The molecule has 1 aliphatic heterocycles.